The molecule has 2 aromatic carbocycles. The lowest BCUT2D eigenvalue weighted by Gasteiger charge is -2.16. The van der Waals surface area contributed by atoms with Crippen LogP contribution in [0.1, 0.15) is 29.5 Å². The highest BCUT2D eigenvalue weighted by Gasteiger charge is 2.12. The van der Waals surface area contributed by atoms with Crippen LogP contribution in [-0.4, -0.2) is 43.2 Å². The van der Waals surface area contributed by atoms with Crippen LogP contribution >= 0.6 is 11.6 Å². The van der Waals surface area contributed by atoms with Crippen LogP contribution in [0, 0.1) is 13.8 Å². The molecular weight excluding hydrogens is 464 g/mol. The number of urea groups is 1. The minimum atomic E-state index is -0.320. The van der Waals surface area contributed by atoms with E-state index < -0.39 is 0 Å². The first-order chi connectivity index (χ1) is 16.8. The lowest BCUT2D eigenvalue weighted by molar-refractivity contribution is 0.251. The van der Waals surface area contributed by atoms with E-state index in [0.29, 0.717) is 29.6 Å². The van der Waals surface area contributed by atoms with Crippen LogP contribution in [0.15, 0.2) is 54.9 Å². The Hall–Kier alpha value is -3.29. The zero-order chi connectivity index (χ0) is 25.2. The molecule has 2 N–H and O–H groups in total. The summed E-state index contributed by atoms with van der Waals surface area (Å²) in [6.45, 7) is 5.79. The van der Waals surface area contributed by atoms with Gasteiger partial charge in [0, 0.05) is 30.0 Å². The van der Waals surface area contributed by atoms with Crippen molar-refractivity contribution in [2.45, 2.75) is 33.2 Å². The number of carbonyl (C=O) groups is 1. The average molecular weight is 497 g/mol. The van der Waals surface area contributed by atoms with E-state index in [1.807, 2.05) is 52.2 Å². The fourth-order valence-corrected chi connectivity index (χ4v) is 3.56. The zero-order valence-electron chi connectivity index (χ0n) is 20.7. The lowest BCUT2D eigenvalue weighted by atomic mass is 10.1. The van der Waals surface area contributed by atoms with Gasteiger partial charge in [-0.2, -0.15) is 0 Å². The Balaban J connectivity index is 1.56. The molecule has 8 heteroatoms. The van der Waals surface area contributed by atoms with Crippen LogP contribution in [-0.2, 0) is 6.54 Å². The van der Waals surface area contributed by atoms with E-state index in [4.69, 9.17) is 21.1 Å². The van der Waals surface area contributed by atoms with Crippen LogP contribution in [0.3, 0.4) is 0 Å². The number of halogens is 1. The molecule has 0 aliphatic rings. The molecule has 0 radical (unpaired) electrons. The first kappa shape index (κ1) is 26.3. The SMILES string of the molecule is Cc1cc(NC(=O)NCc2ccc(Oc3ccncc3)c(C)c2)c(OCCCCN(C)C)cc1Cl. The molecule has 3 rings (SSSR count). The van der Waals surface area contributed by atoms with Gasteiger partial charge in [0.1, 0.15) is 17.2 Å². The van der Waals surface area contributed by atoms with Crippen molar-refractivity contribution in [3.05, 3.63) is 76.6 Å². The van der Waals surface area contributed by atoms with Crippen molar-refractivity contribution in [1.29, 1.82) is 0 Å². The van der Waals surface area contributed by atoms with E-state index in [1.165, 1.54) is 0 Å². The van der Waals surface area contributed by atoms with Crippen molar-refractivity contribution in [3.63, 3.8) is 0 Å². The largest absolute Gasteiger partial charge is 0.491 e. The quantitative estimate of drug-likeness (QED) is 0.310. The molecule has 1 heterocycles. The summed E-state index contributed by atoms with van der Waals surface area (Å²) in [5.74, 6) is 2.05. The summed E-state index contributed by atoms with van der Waals surface area (Å²) in [4.78, 5) is 18.8. The maximum absolute atomic E-state index is 12.6. The fraction of sp³-hybridized carbons (Fsp3) is 0.333. The molecule has 35 heavy (non-hydrogen) atoms. The van der Waals surface area contributed by atoms with Crippen LogP contribution in [0.5, 0.6) is 17.2 Å². The van der Waals surface area contributed by atoms with Gasteiger partial charge in [-0.1, -0.05) is 23.7 Å². The molecule has 0 saturated heterocycles. The van der Waals surface area contributed by atoms with Crippen molar-refractivity contribution in [2.24, 2.45) is 0 Å². The third-order valence-corrected chi connectivity index (χ3v) is 5.74. The highest BCUT2D eigenvalue weighted by molar-refractivity contribution is 6.31. The van der Waals surface area contributed by atoms with Gasteiger partial charge in [-0.3, -0.25) is 4.98 Å². The zero-order valence-corrected chi connectivity index (χ0v) is 21.5. The lowest BCUT2D eigenvalue weighted by Crippen LogP contribution is -2.28. The number of carbonyl (C=O) groups excluding carboxylic acids is 1. The number of hydrogen-bond donors (Lipinski definition) is 2. The molecule has 0 saturated carbocycles. The number of rotatable bonds is 11. The van der Waals surface area contributed by atoms with Gasteiger partial charge in [0.2, 0.25) is 0 Å². The van der Waals surface area contributed by atoms with Crippen molar-refractivity contribution < 1.29 is 14.3 Å². The smallest absolute Gasteiger partial charge is 0.319 e. The molecule has 7 nitrogen and oxygen atoms in total. The number of amides is 2. The third kappa shape index (κ3) is 8.46. The maximum atomic E-state index is 12.6. The minimum Gasteiger partial charge on any atom is -0.491 e. The Labute approximate surface area is 212 Å². The number of nitrogens with zero attached hydrogens (tertiary/aromatic N) is 2. The predicted octanol–water partition coefficient (Wildman–Crippen LogP) is 6.19. The van der Waals surface area contributed by atoms with Gasteiger partial charge in [0.15, 0.2) is 0 Å². The second-order valence-corrected chi connectivity index (χ2v) is 9.06. The molecule has 1 aromatic heterocycles. The number of unbranched alkanes of at least 4 members (excludes halogenated alkanes) is 1. The molecule has 0 aliphatic carbocycles. The summed E-state index contributed by atoms with van der Waals surface area (Å²) in [6.07, 6.45) is 5.31. The summed E-state index contributed by atoms with van der Waals surface area (Å²) in [5.41, 5.74) is 3.39. The molecule has 186 valence electrons. The van der Waals surface area contributed by atoms with Crippen molar-refractivity contribution >= 4 is 23.3 Å². The topological polar surface area (TPSA) is 75.7 Å². The van der Waals surface area contributed by atoms with Crippen LogP contribution in [0.4, 0.5) is 10.5 Å². The van der Waals surface area contributed by atoms with E-state index in [0.717, 1.165) is 47.6 Å². The summed E-state index contributed by atoms with van der Waals surface area (Å²) < 4.78 is 11.8. The number of aryl methyl sites for hydroxylation is 2. The predicted molar refractivity (Wildman–Crippen MR) is 141 cm³/mol. The van der Waals surface area contributed by atoms with Gasteiger partial charge < -0.3 is 25.0 Å². The van der Waals surface area contributed by atoms with Crippen molar-refractivity contribution in [3.8, 4) is 17.2 Å². The Bertz CT molecular complexity index is 1120. The van der Waals surface area contributed by atoms with E-state index in [-0.39, 0.29) is 6.03 Å². The standard InChI is InChI=1S/C27H33ClN4O3/c1-19-16-24(26(17-23(19)28)34-14-6-5-13-32(3)4)31-27(33)30-18-21-7-8-25(20(2)15-21)35-22-9-11-29-12-10-22/h7-12,15-17H,5-6,13-14,18H2,1-4H3,(H2,30,31,33). The van der Waals surface area contributed by atoms with Crippen molar-refractivity contribution in [2.75, 3.05) is 32.6 Å². The summed E-state index contributed by atoms with van der Waals surface area (Å²) in [7, 11) is 4.10. The second kappa shape index (κ2) is 13.0. The first-order valence-electron chi connectivity index (χ1n) is 11.6. The van der Waals surface area contributed by atoms with Crippen LogP contribution in [0.2, 0.25) is 5.02 Å². The molecule has 0 unspecified atom stereocenters. The van der Waals surface area contributed by atoms with Gasteiger partial charge in [0.05, 0.1) is 12.3 Å². The number of aromatic nitrogens is 1. The second-order valence-electron chi connectivity index (χ2n) is 8.65. The molecule has 0 aliphatic heterocycles. The van der Waals surface area contributed by atoms with E-state index in [2.05, 4.69) is 20.5 Å². The summed E-state index contributed by atoms with van der Waals surface area (Å²) in [5, 5.41) is 6.40. The number of anilines is 1. The average Bonchev–Trinajstić information content (AvgIpc) is 2.82. The van der Waals surface area contributed by atoms with E-state index >= 15 is 0 Å². The number of ether oxygens (including phenoxy) is 2. The molecular formula is C27H33ClN4O3. The minimum absolute atomic E-state index is 0.320. The Morgan fingerprint density at radius 1 is 1.00 bits per heavy atom. The first-order valence-corrected chi connectivity index (χ1v) is 12.0. The van der Waals surface area contributed by atoms with Gasteiger partial charge in [-0.25, -0.2) is 4.79 Å². The number of pyridine rings is 1. The fourth-order valence-electron chi connectivity index (χ4n) is 3.41. The molecule has 0 atom stereocenters. The highest BCUT2D eigenvalue weighted by Crippen LogP contribution is 2.31. The number of hydrogen-bond acceptors (Lipinski definition) is 5. The van der Waals surface area contributed by atoms with Crippen LogP contribution in [0.25, 0.3) is 0 Å². The Morgan fingerprint density at radius 2 is 1.77 bits per heavy atom. The van der Waals surface area contributed by atoms with Gasteiger partial charge in [0.25, 0.3) is 0 Å². The monoisotopic (exact) mass is 496 g/mol. The van der Waals surface area contributed by atoms with Gasteiger partial charge in [-0.05, 0) is 88.3 Å². The van der Waals surface area contributed by atoms with E-state index in [9.17, 15) is 4.79 Å². The molecule has 2 amide bonds. The van der Waals surface area contributed by atoms with Gasteiger partial charge in [-0.15, -0.1) is 0 Å². The molecule has 0 bridgehead atoms. The number of benzene rings is 2. The summed E-state index contributed by atoms with van der Waals surface area (Å²) >= 11 is 6.30. The highest BCUT2D eigenvalue weighted by atomic mass is 35.5. The Morgan fingerprint density at radius 3 is 2.49 bits per heavy atom. The molecule has 0 spiro atoms. The normalized spacial score (nSPS) is 10.8. The van der Waals surface area contributed by atoms with Gasteiger partial charge >= 0.3 is 6.03 Å². The van der Waals surface area contributed by atoms with E-state index in [1.54, 1.807) is 30.6 Å². The molecule has 0 fully saturated rings. The maximum Gasteiger partial charge on any atom is 0.319 e. The van der Waals surface area contributed by atoms with Crippen molar-refractivity contribution in [1.82, 2.24) is 15.2 Å². The Kier molecular flexibility index (Phi) is 9.76. The third-order valence-electron chi connectivity index (χ3n) is 5.34. The summed E-state index contributed by atoms with van der Waals surface area (Å²) in [6, 6.07) is 12.7. The van der Waals surface area contributed by atoms with Crippen LogP contribution < -0.4 is 20.1 Å². The molecule has 3 aromatic rings. The number of nitrogens with one attached hydrogen (secondary N) is 2.